The highest BCUT2D eigenvalue weighted by molar-refractivity contribution is 14.1. The van der Waals surface area contributed by atoms with Crippen LogP contribution < -0.4 is 4.90 Å². The third kappa shape index (κ3) is 3.41. The number of piperazine rings is 1. The summed E-state index contributed by atoms with van der Waals surface area (Å²) in [4.78, 5) is 23.5. The summed E-state index contributed by atoms with van der Waals surface area (Å²) in [5.74, 6) is 0.604. The number of rotatable bonds is 3. The van der Waals surface area contributed by atoms with Crippen LogP contribution in [0.4, 0.5) is 10.6 Å². The molecule has 1 aromatic carbocycles. The van der Waals surface area contributed by atoms with Crippen LogP contribution in [0.3, 0.4) is 0 Å². The minimum absolute atomic E-state index is 0.180. The molecular weight excluding hydrogens is 509 g/mol. The number of carbonyl (C=O) groups is 1. The number of hydrogen-bond acceptors (Lipinski definition) is 6. The third-order valence-corrected chi connectivity index (χ3v) is 7.79. The fraction of sp³-hybridized carbons (Fsp3) is 0.278. The fourth-order valence-corrected chi connectivity index (χ4v) is 6.24. The number of hydrogen-bond donors (Lipinski definition) is 1. The molecule has 152 valence electrons. The van der Waals surface area contributed by atoms with E-state index in [0.29, 0.717) is 40.2 Å². The van der Waals surface area contributed by atoms with Gasteiger partial charge in [-0.2, -0.15) is 0 Å². The standard InChI is InChI=1S/C18H18IN5O4S/c1-12-10-22(7-8-23(12)18(25)26)16-14-9-15(19)24(17(14)21-11-20-16)29(27,28)13-5-3-2-4-6-13/h2-6,9,11-12H,7-8,10H2,1H3,(H,25,26)/t12-/m1/s1. The van der Waals surface area contributed by atoms with E-state index in [1.54, 1.807) is 36.4 Å². The first-order valence-corrected chi connectivity index (χ1v) is 11.4. The number of aromatic nitrogens is 3. The molecule has 9 nitrogen and oxygen atoms in total. The maximum Gasteiger partial charge on any atom is 0.407 e. The zero-order chi connectivity index (χ0) is 20.8. The first-order chi connectivity index (χ1) is 13.8. The van der Waals surface area contributed by atoms with Gasteiger partial charge >= 0.3 is 6.09 Å². The Morgan fingerprint density at radius 2 is 1.93 bits per heavy atom. The lowest BCUT2D eigenvalue weighted by Gasteiger charge is -2.38. The molecule has 0 spiro atoms. The number of carboxylic acid groups (broad SMARTS) is 1. The van der Waals surface area contributed by atoms with Gasteiger partial charge in [0.1, 0.15) is 12.1 Å². The fourth-order valence-electron chi connectivity index (χ4n) is 3.56. The normalized spacial score (nSPS) is 17.7. The molecule has 1 atom stereocenters. The summed E-state index contributed by atoms with van der Waals surface area (Å²) in [6.07, 6.45) is 0.401. The SMILES string of the molecule is C[C@@H]1CN(c2ncnc3c2cc(I)n3S(=O)(=O)c2ccccc2)CCN1C(=O)O. The smallest absolute Gasteiger partial charge is 0.407 e. The van der Waals surface area contributed by atoms with Gasteiger partial charge in [0.2, 0.25) is 0 Å². The van der Waals surface area contributed by atoms with Gasteiger partial charge in [0.05, 0.1) is 14.0 Å². The Bertz CT molecular complexity index is 1180. The van der Waals surface area contributed by atoms with Crippen LogP contribution in [-0.2, 0) is 10.0 Å². The number of anilines is 1. The molecule has 1 amide bonds. The first-order valence-electron chi connectivity index (χ1n) is 8.88. The summed E-state index contributed by atoms with van der Waals surface area (Å²) in [6, 6.07) is 9.75. The van der Waals surface area contributed by atoms with E-state index >= 15 is 0 Å². The average Bonchev–Trinajstić information content (AvgIpc) is 3.04. The highest BCUT2D eigenvalue weighted by Crippen LogP contribution is 2.31. The van der Waals surface area contributed by atoms with Crippen molar-refractivity contribution in [3.63, 3.8) is 0 Å². The molecule has 2 aromatic heterocycles. The second-order valence-corrected chi connectivity index (χ2v) is 9.65. The predicted molar refractivity (Wildman–Crippen MR) is 116 cm³/mol. The predicted octanol–water partition coefficient (Wildman–Crippen LogP) is 2.46. The molecule has 0 unspecified atom stereocenters. The molecule has 0 aliphatic carbocycles. The van der Waals surface area contributed by atoms with E-state index < -0.39 is 16.1 Å². The lowest BCUT2D eigenvalue weighted by atomic mass is 10.2. The number of nitrogens with zero attached hydrogens (tertiary/aromatic N) is 5. The van der Waals surface area contributed by atoms with Gasteiger partial charge in [0, 0.05) is 25.7 Å². The second-order valence-electron chi connectivity index (χ2n) is 6.76. The van der Waals surface area contributed by atoms with E-state index in [-0.39, 0.29) is 10.9 Å². The number of halogens is 1. The largest absolute Gasteiger partial charge is 0.465 e. The van der Waals surface area contributed by atoms with Crippen molar-refractivity contribution < 1.29 is 18.3 Å². The van der Waals surface area contributed by atoms with Gasteiger partial charge in [0.25, 0.3) is 10.0 Å². The quantitative estimate of drug-likeness (QED) is 0.522. The maximum atomic E-state index is 13.2. The molecule has 0 saturated carbocycles. The lowest BCUT2D eigenvalue weighted by Crippen LogP contribution is -2.54. The van der Waals surface area contributed by atoms with Crippen molar-refractivity contribution >= 4 is 55.6 Å². The summed E-state index contributed by atoms with van der Waals surface area (Å²) in [5.41, 5.74) is 0.302. The molecule has 0 bridgehead atoms. The molecule has 29 heavy (non-hydrogen) atoms. The van der Waals surface area contributed by atoms with E-state index in [2.05, 4.69) is 9.97 Å². The summed E-state index contributed by atoms with van der Waals surface area (Å²) >= 11 is 1.98. The number of amides is 1. The summed E-state index contributed by atoms with van der Waals surface area (Å²) in [7, 11) is -3.82. The lowest BCUT2D eigenvalue weighted by molar-refractivity contribution is 0.122. The van der Waals surface area contributed by atoms with Gasteiger partial charge in [-0.25, -0.2) is 27.2 Å². The van der Waals surface area contributed by atoms with Crippen LogP contribution in [0.5, 0.6) is 0 Å². The highest BCUT2D eigenvalue weighted by Gasteiger charge is 2.30. The molecule has 1 aliphatic rings. The molecule has 0 radical (unpaired) electrons. The van der Waals surface area contributed by atoms with E-state index in [1.807, 2.05) is 34.4 Å². The Labute approximate surface area is 181 Å². The Kier molecular flexibility index (Phi) is 5.11. The summed E-state index contributed by atoms with van der Waals surface area (Å²) in [5, 5.41) is 9.90. The van der Waals surface area contributed by atoms with Crippen LogP contribution in [0.15, 0.2) is 47.6 Å². The van der Waals surface area contributed by atoms with Crippen LogP contribution >= 0.6 is 22.6 Å². The molecule has 1 saturated heterocycles. The average molecular weight is 527 g/mol. The van der Waals surface area contributed by atoms with Crippen molar-refractivity contribution in [3.05, 3.63) is 46.4 Å². The Hall–Kier alpha value is -2.41. The summed E-state index contributed by atoms with van der Waals surface area (Å²) in [6.45, 7) is 3.12. The zero-order valence-corrected chi connectivity index (χ0v) is 18.4. The van der Waals surface area contributed by atoms with Gasteiger partial charge in [-0.3, -0.25) is 0 Å². The van der Waals surface area contributed by atoms with Gasteiger partial charge in [-0.05, 0) is 47.7 Å². The first kappa shape index (κ1) is 19.9. The molecule has 11 heteroatoms. The van der Waals surface area contributed by atoms with Crippen molar-refractivity contribution in [1.82, 2.24) is 18.8 Å². The van der Waals surface area contributed by atoms with Crippen LogP contribution in [0.1, 0.15) is 6.92 Å². The topological polar surface area (TPSA) is 109 Å². The molecule has 1 aliphatic heterocycles. The Morgan fingerprint density at radius 1 is 1.21 bits per heavy atom. The van der Waals surface area contributed by atoms with Crippen LogP contribution in [0.2, 0.25) is 0 Å². The molecule has 4 rings (SSSR count). The molecule has 1 N–H and O–H groups in total. The van der Waals surface area contributed by atoms with E-state index in [1.165, 1.54) is 15.2 Å². The highest BCUT2D eigenvalue weighted by atomic mass is 127. The van der Waals surface area contributed by atoms with Crippen molar-refractivity contribution in [1.29, 1.82) is 0 Å². The van der Waals surface area contributed by atoms with E-state index in [0.717, 1.165) is 0 Å². The number of fused-ring (bicyclic) bond motifs is 1. The second kappa shape index (κ2) is 7.44. The van der Waals surface area contributed by atoms with Crippen molar-refractivity contribution in [2.75, 3.05) is 24.5 Å². The molecule has 3 aromatic rings. The monoisotopic (exact) mass is 527 g/mol. The molecule has 3 heterocycles. The zero-order valence-electron chi connectivity index (χ0n) is 15.4. The van der Waals surface area contributed by atoms with Crippen molar-refractivity contribution in [2.45, 2.75) is 17.9 Å². The maximum absolute atomic E-state index is 13.2. The van der Waals surface area contributed by atoms with Gasteiger partial charge in [-0.1, -0.05) is 18.2 Å². The van der Waals surface area contributed by atoms with Crippen molar-refractivity contribution in [3.8, 4) is 0 Å². The number of benzene rings is 1. The van der Waals surface area contributed by atoms with Crippen LogP contribution in [0.25, 0.3) is 11.0 Å². The van der Waals surface area contributed by atoms with Gasteiger partial charge < -0.3 is 14.9 Å². The molecular formula is C18H18IN5O4S. The van der Waals surface area contributed by atoms with E-state index in [4.69, 9.17) is 0 Å². The Balaban J connectivity index is 1.79. The minimum Gasteiger partial charge on any atom is -0.465 e. The minimum atomic E-state index is -3.82. The Morgan fingerprint density at radius 3 is 2.59 bits per heavy atom. The van der Waals surface area contributed by atoms with Crippen molar-refractivity contribution in [2.24, 2.45) is 0 Å². The summed E-state index contributed by atoms with van der Waals surface area (Å²) < 4.78 is 28.1. The van der Waals surface area contributed by atoms with Gasteiger partial charge in [-0.15, -0.1) is 0 Å². The van der Waals surface area contributed by atoms with Gasteiger partial charge in [0.15, 0.2) is 5.65 Å². The third-order valence-electron chi connectivity index (χ3n) is 4.95. The van der Waals surface area contributed by atoms with Crippen LogP contribution in [-0.4, -0.2) is 64.1 Å². The van der Waals surface area contributed by atoms with E-state index in [9.17, 15) is 18.3 Å². The molecule has 1 fully saturated rings. The van der Waals surface area contributed by atoms with Crippen LogP contribution in [0, 0.1) is 3.70 Å².